The second-order valence-electron chi connectivity index (χ2n) is 9.58. The van der Waals surface area contributed by atoms with Crippen molar-refractivity contribution < 1.29 is 0 Å². The lowest BCUT2D eigenvalue weighted by Crippen LogP contribution is -2.49. The fraction of sp³-hybridized carbons (Fsp3) is 0.682. The SMILES string of the molecule is Cc1ccc(C)c(N2CCN(C(CC(C)C)c3nnnn3C(C)(C)C)CC2)c1. The van der Waals surface area contributed by atoms with Crippen molar-refractivity contribution in [1.29, 1.82) is 0 Å². The first kappa shape index (κ1) is 20.8. The highest BCUT2D eigenvalue weighted by molar-refractivity contribution is 5.55. The van der Waals surface area contributed by atoms with E-state index in [4.69, 9.17) is 0 Å². The van der Waals surface area contributed by atoms with Crippen LogP contribution in [-0.4, -0.2) is 51.3 Å². The van der Waals surface area contributed by atoms with E-state index in [1.165, 1.54) is 16.8 Å². The Morgan fingerprint density at radius 2 is 1.71 bits per heavy atom. The number of hydrogen-bond donors (Lipinski definition) is 0. The molecule has 6 heteroatoms. The molecule has 1 saturated heterocycles. The van der Waals surface area contributed by atoms with Gasteiger partial charge in [0.15, 0.2) is 5.82 Å². The Morgan fingerprint density at radius 3 is 2.32 bits per heavy atom. The van der Waals surface area contributed by atoms with Gasteiger partial charge in [0.1, 0.15) is 0 Å². The summed E-state index contributed by atoms with van der Waals surface area (Å²) in [6.45, 7) is 19.6. The molecule has 0 saturated carbocycles. The zero-order valence-electron chi connectivity index (χ0n) is 18.6. The predicted octanol–water partition coefficient (Wildman–Crippen LogP) is 3.95. The molecule has 1 aliphatic heterocycles. The second-order valence-corrected chi connectivity index (χ2v) is 9.58. The van der Waals surface area contributed by atoms with E-state index in [0.29, 0.717) is 5.92 Å². The molecule has 6 nitrogen and oxygen atoms in total. The van der Waals surface area contributed by atoms with Crippen LogP contribution in [0.2, 0.25) is 0 Å². The van der Waals surface area contributed by atoms with Crippen LogP contribution in [-0.2, 0) is 5.54 Å². The lowest BCUT2D eigenvalue weighted by molar-refractivity contribution is 0.146. The minimum absolute atomic E-state index is 0.117. The van der Waals surface area contributed by atoms with Gasteiger partial charge in [-0.15, -0.1) is 5.10 Å². The minimum atomic E-state index is -0.117. The van der Waals surface area contributed by atoms with Gasteiger partial charge in [-0.25, -0.2) is 4.68 Å². The molecule has 2 aromatic rings. The molecular formula is C22H36N6. The summed E-state index contributed by atoms with van der Waals surface area (Å²) in [5.41, 5.74) is 3.94. The third-order valence-electron chi connectivity index (χ3n) is 5.58. The number of tetrazole rings is 1. The van der Waals surface area contributed by atoms with Crippen LogP contribution >= 0.6 is 0 Å². The van der Waals surface area contributed by atoms with Crippen LogP contribution in [0, 0.1) is 19.8 Å². The first-order chi connectivity index (χ1) is 13.2. The van der Waals surface area contributed by atoms with E-state index < -0.39 is 0 Å². The number of nitrogens with zero attached hydrogens (tertiary/aromatic N) is 6. The zero-order valence-corrected chi connectivity index (χ0v) is 18.6. The van der Waals surface area contributed by atoms with Gasteiger partial charge in [-0.05, 0) is 74.6 Å². The Bertz CT molecular complexity index is 781. The van der Waals surface area contributed by atoms with Crippen LogP contribution < -0.4 is 4.90 Å². The monoisotopic (exact) mass is 384 g/mol. The van der Waals surface area contributed by atoms with Crippen molar-refractivity contribution in [2.75, 3.05) is 31.1 Å². The van der Waals surface area contributed by atoms with Gasteiger partial charge in [0.25, 0.3) is 0 Å². The van der Waals surface area contributed by atoms with Gasteiger partial charge in [-0.3, -0.25) is 4.90 Å². The lowest BCUT2D eigenvalue weighted by atomic mass is 9.99. The minimum Gasteiger partial charge on any atom is -0.369 e. The molecule has 1 unspecified atom stereocenters. The summed E-state index contributed by atoms with van der Waals surface area (Å²) in [6, 6.07) is 7.00. The molecule has 154 valence electrons. The number of aryl methyl sites for hydroxylation is 2. The largest absolute Gasteiger partial charge is 0.369 e. The quantitative estimate of drug-likeness (QED) is 0.781. The van der Waals surface area contributed by atoms with Crippen molar-refractivity contribution in [3.8, 4) is 0 Å². The highest BCUT2D eigenvalue weighted by Crippen LogP contribution is 2.31. The van der Waals surface area contributed by atoms with E-state index in [0.717, 1.165) is 38.4 Å². The maximum absolute atomic E-state index is 4.46. The standard InChI is InChI=1S/C22H36N6/c1-16(2)14-20(21-23-24-25-28(21)22(5,6)7)27-12-10-26(11-13-27)19-15-17(3)8-9-18(19)4/h8-9,15-16,20H,10-14H2,1-7H3. The average molecular weight is 385 g/mol. The summed E-state index contributed by atoms with van der Waals surface area (Å²) in [4.78, 5) is 5.10. The Morgan fingerprint density at radius 1 is 1.04 bits per heavy atom. The normalized spacial score (nSPS) is 17.4. The average Bonchev–Trinajstić information content (AvgIpc) is 3.12. The number of anilines is 1. The molecule has 0 spiro atoms. The van der Waals surface area contributed by atoms with Gasteiger partial charge in [0, 0.05) is 31.9 Å². The van der Waals surface area contributed by atoms with Gasteiger partial charge in [-0.1, -0.05) is 26.0 Å². The highest BCUT2D eigenvalue weighted by atomic mass is 15.6. The van der Waals surface area contributed by atoms with Crippen molar-refractivity contribution in [3.63, 3.8) is 0 Å². The number of aromatic nitrogens is 4. The Kier molecular flexibility index (Phi) is 6.08. The molecule has 0 N–H and O–H groups in total. The van der Waals surface area contributed by atoms with Crippen LogP contribution in [0.4, 0.5) is 5.69 Å². The van der Waals surface area contributed by atoms with Crippen LogP contribution in [0.1, 0.15) is 64.0 Å². The third-order valence-corrected chi connectivity index (χ3v) is 5.58. The molecule has 3 rings (SSSR count). The fourth-order valence-electron chi connectivity index (χ4n) is 4.08. The van der Waals surface area contributed by atoms with E-state index >= 15 is 0 Å². The molecule has 28 heavy (non-hydrogen) atoms. The molecule has 1 aromatic carbocycles. The molecule has 1 aliphatic rings. The molecule has 0 bridgehead atoms. The molecule has 0 radical (unpaired) electrons. The Hall–Kier alpha value is -1.95. The van der Waals surface area contributed by atoms with Crippen LogP contribution in [0.25, 0.3) is 0 Å². The maximum atomic E-state index is 4.46. The zero-order chi connectivity index (χ0) is 20.5. The third kappa shape index (κ3) is 4.54. The van der Waals surface area contributed by atoms with Crippen LogP contribution in [0.3, 0.4) is 0 Å². The van der Waals surface area contributed by atoms with E-state index in [2.05, 4.69) is 92.0 Å². The van der Waals surface area contributed by atoms with Gasteiger partial charge in [0.2, 0.25) is 0 Å². The van der Waals surface area contributed by atoms with E-state index in [1.54, 1.807) is 0 Å². The summed E-state index contributed by atoms with van der Waals surface area (Å²) in [7, 11) is 0. The Labute approximate surface area is 169 Å². The number of piperazine rings is 1. The Balaban J connectivity index is 1.79. The summed E-state index contributed by atoms with van der Waals surface area (Å²) in [5.74, 6) is 1.59. The molecule has 0 amide bonds. The first-order valence-corrected chi connectivity index (χ1v) is 10.5. The molecule has 1 aromatic heterocycles. The van der Waals surface area contributed by atoms with Gasteiger partial charge < -0.3 is 4.90 Å². The van der Waals surface area contributed by atoms with E-state index in [-0.39, 0.29) is 11.6 Å². The number of benzene rings is 1. The smallest absolute Gasteiger partial charge is 0.168 e. The van der Waals surface area contributed by atoms with Gasteiger partial charge >= 0.3 is 0 Å². The summed E-state index contributed by atoms with van der Waals surface area (Å²) in [6.07, 6.45) is 1.07. The lowest BCUT2D eigenvalue weighted by Gasteiger charge is -2.41. The fourth-order valence-corrected chi connectivity index (χ4v) is 4.08. The molecule has 0 aliphatic carbocycles. The van der Waals surface area contributed by atoms with E-state index in [1.807, 2.05) is 4.68 Å². The maximum Gasteiger partial charge on any atom is 0.168 e. The predicted molar refractivity (Wildman–Crippen MR) is 115 cm³/mol. The molecule has 1 fully saturated rings. The number of hydrogen-bond acceptors (Lipinski definition) is 5. The van der Waals surface area contributed by atoms with Crippen LogP contribution in [0.15, 0.2) is 18.2 Å². The second kappa shape index (κ2) is 8.19. The summed E-state index contributed by atoms with van der Waals surface area (Å²) >= 11 is 0. The highest BCUT2D eigenvalue weighted by Gasteiger charge is 2.32. The first-order valence-electron chi connectivity index (χ1n) is 10.5. The topological polar surface area (TPSA) is 50.1 Å². The van der Waals surface area contributed by atoms with Crippen molar-refractivity contribution in [3.05, 3.63) is 35.2 Å². The van der Waals surface area contributed by atoms with E-state index in [9.17, 15) is 0 Å². The van der Waals surface area contributed by atoms with Crippen molar-refractivity contribution >= 4 is 5.69 Å². The van der Waals surface area contributed by atoms with Gasteiger partial charge in [0.05, 0.1) is 11.6 Å². The van der Waals surface area contributed by atoms with Crippen molar-refractivity contribution in [2.45, 2.75) is 66.5 Å². The molecular weight excluding hydrogens is 348 g/mol. The van der Waals surface area contributed by atoms with Crippen molar-refractivity contribution in [1.82, 2.24) is 25.1 Å². The van der Waals surface area contributed by atoms with Gasteiger partial charge in [-0.2, -0.15) is 0 Å². The molecule has 1 atom stereocenters. The number of rotatable bonds is 5. The molecule has 2 heterocycles. The summed E-state index contributed by atoms with van der Waals surface area (Å²) in [5, 5.41) is 12.8. The summed E-state index contributed by atoms with van der Waals surface area (Å²) < 4.78 is 2.01. The van der Waals surface area contributed by atoms with Crippen molar-refractivity contribution in [2.24, 2.45) is 5.92 Å². The van der Waals surface area contributed by atoms with Crippen LogP contribution in [0.5, 0.6) is 0 Å².